The molecule has 1 aromatic rings. The van der Waals surface area contributed by atoms with Crippen molar-refractivity contribution in [1.29, 1.82) is 0 Å². The van der Waals surface area contributed by atoms with E-state index >= 15 is 0 Å². The summed E-state index contributed by atoms with van der Waals surface area (Å²) in [4.78, 5) is 14.9. The van der Waals surface area contributed by atoms with Gasteiger partial charge in [-0.1, -0.05) is 19.1 Å². The van der Waals surface area contributed by atoms with Gasteiger partial charge in [0.2, 0.25) is 0 Å². The van der Waals surface area contributed by atoms with Gasteiger partial charge in [-0.25, -0.2) is 17.9 Å². The van der Waals surface area contributed by atoms with E-state index in [4.69, 9.17) is 0 Å². The molecule has 2 N–H and O–H groups in total. The smallest absolute Gasteiger partial charge is 0.307 e. The van der Waals surface area contributed by atoms with Crippen LogP contribution in [0.25, 0.3) is 0 Å². The first-order valence-corrected chi connectivity index (χ1v) is 12.4. The van der Waals surface area contributed by atoms with Crippen molar-refractivity contribution >= 4 is 21.7 Å². The Kier molecular flexibility index (Phi) is 5.97. The summed E-state index contributed by atoms with van der Waals surface area (Å²) in [5.41, 5.74) is 5.85. The highest BCUT2D eigenvalue weighted by Gasteiger charge is 2.26. The molecule has 1 saturated heterocycles. The molecule has 3 aliphatic rings. The van der Waals surface area contributed by atoms with Crippen LogP contribution < -0.4 is 10.0 Å². The van der Waals surface area contributed by atoms with Crippen LogP contribution in [0.1, 0.15) is 54.9 Å². The van der Waals surface area contributed by atoms with Gasteiger partial charge in [0.25, 0.3) is 10.0 Å². The second-order valence-electron chi connectivity index (χ2n) is 8.46. The van der Waals surface area contributed by atoms with Crippen molar-refractivity contribution in [3.63, 3.8) is 0 Å². The Bertz CT molecular complexity index is 891. The van der Waals surface area contributed by atoms with Gasteiger partial charge in [0.1, 0.15) is 0 Å². The van der Waals surface area contributed by atoms with E-state index in [1.165, 1.54) is 22.3 Å². The molecule has 7 heteroatoms. The van der Waals surface area contributed by atoms with Gasteiger partial charge in [0, 0.05) is 17.6 Å². The molecule has 0 radical (unpaired) electrons. The van der Waals surface area contributed by atoms with Crippen molar-refractivity contribution in [2.24, 2.45) is 5.92 Å². The lowest BCUT2D eigenvalue weighted by molar-refractivity contribution is 0.206. The molecule has 0 saturated carbocycles. The number of piperidine rings is 1. The summed E-state index contributed by atoms with van der Waals surface area (Å²) >= 11 is 0. The second kappa shape index (κ2) is 8.48. The Morgan fingerprint density at radius 3 is 2.48 bits per heavy atom. The first-order valence-electron chi connectivity index (χ1n) is 10.9. The van der Waals surface area contributed by atoms with Gasteiger partial charge < -0.3 is 10.2 Å². The van der Waals surface area contributed by atoms with Crippen LogP contribution in [0.5, 0.6) is 0 Å². The molecular formula is C22H31N3O3S. The van der Waals surface area contributed by atoms with E-state index in [-0.39, 0.29) is 5.92 Å². The van der Waals surface area contributed by atoms with Gasteiger partial charge in [0.15, 0.2) is 0 Å². The molecule has 1 aromatic carbocycles. The van der Waals surface area contributed by atoms with E-state index in [0.717, 1.165) is 82.1 Å². The average molecular weight is 418 g/mol. The first-order chi connectivity index (χ1) is 13.9. The summed E-state index contributed by atoms with van der Waals surface area (Å²) in [6.45, 7) is 5.03. The normalized spacial score (nSPS) is 21.9. The Balaban J connectivity index is 1.43. The van der Waals surface area contributed by atoms with Crippen molar-refractivity contribution in [2.45, 2.75) is 58.3 Å². The van der Waals surface area contributed by atoms with Crippen LogP contribution in [-0.2, 0) is 35.7 Å². The van der Waals surface area contributed by atoms with Crippen LogP contribution >= 0.6 is 0 Å². The minimum atomic E-state index is -3.81. The van der Waals surface area contributed by atoms with E-state index in [2.05, 4.69) is 27.9 Å². The van der Waals surface area contributed by atoms with E-state index in [1.807, 2.05) is 0 Å². The number of carbonyl (C=O) groups excluding carboxylic acids is 1. The molecule has 0 spiro atoms. The third kappa shape index (κ3) is 4.67. The van der Waals surface area contributed by atoms with Crippen molar-refractivity contribution in [3.05, 3.63) is 39.8 Å². The molecule has 2 amide bonds. The fourth-order valence-corrected chi connectivity index (χ4v) is 5.83. The average Bonchev–Trinajstić information content (AvgIpc) is 3.35. The zero-order valence-electron chi connectivity index (χ0n) is 17.2. The van der Waals surface area contributed by atoms with Gasteiger partial charge in [-0.3, -0.25) is 0 Å². The Hall–Kier alpha value is -1.86. The number of carbonyl (C=O) groups is 1. The molecule has 158 valence electrons. The van der Waals surface area contributed by atoms with E-state index in [0.29, 0.717) is 0 Å². The number of nitrogens with one attached hydrogen (secondary N) is 2. The first kappa shape index (κ1) is 20.4. The molecule has 0 aromatic heterocycles. The highest BCUT2D eigenvalue weighted by molar-refractivity contribution is 7.92. The van der Waals surface area contributed by atoms with Crippen molar-refractivity contribution < 1.29 is 13.2 Å². The van der Waals surface area contributed by atoms with E-state index < -0.39 is 16.1 Å². The molecule has 1 atom stereocenters. The maximum atomic E-state index is 12.5. The number of aryl methyl sites for hydroxylation is 2. The Labute approximate surface area is 173 Å². The van der Waals surface area contributed by atoms with Crippen LogP contribution in [-0.4, -0.2) is 39.0 Å². The molecule has 1 heterocycles. The van der Waals surface area contributed by atoms with Gasteiger partial charge in [0.05, 0.1) is 0 Å². The van der Waals surface area contributed by atoms with Gasteiger partial charge in [-0.05, 0) is 92.6 Å². The Morgan fingerprint density at radius 2 is 1.83 bits per heavy atom. The quantitative estimate of drug-likeness (QED) is 0.770. The largest absolute Gasteiger partial charge is 0.333 e. The maximum Gasteiger partial charge on any atom is 0.333 e. The molecular weight excluding hydrogens is 386 g/mol. The molecule has 1 unspecified atom stereocenters. The third-order valence-electron chi connectivity index (χ3n) is 6.47. The number of likely N-dealkylation sites (tertiary alicyclic amines) is 1. The summed E-state index contributed by atoms with van der Waals surface area (Å²) in [7, 11) is -3.81. The highest BCUT2D eigenvalue weighted by Crippen LogP contribution is 2.38. The third-order valence-corrected chi connectivity index (χ3v) is 7.45. The molecule has 1 fully saturated rings. The Morgan fingerprint density at radius 1 is 1.14 bits per heavy atom. The predicted molar refractivity (Wildman–Crippen MR) is 116 cm³/mol. The number of amides is 2. The van der Waals surface area contributed by atoms with Gasteiger partial charge >= 0.3 is 6.03 Å². The maximum absolute atomic E-state index is 12.5. The molecule has 6 nitrogen and oxygen atoms in total. The van der Waals surface area contributed by atoms with Crippen LogP contribution in [0.15, 0.2) is 17.6 Å². The standard InChI is InChI=1S/C22H31N3O3S/c1-2-25-12-5-6-16(15-25)11-13-29(27,28)24-22(26)23-21-19-9-3-7-17(19)14-18-8-4-10-20(18)21/h11,13-14,16H,2-10,12,15H2,1H3,(H2,23,24,26)/b13-11+. The number of nitrogens with zero attached hydrogens (tertiary/aromatic N) is 1. The fraction of sp³-hybridized carbons (Fsp3) is 0.591. The lowest BCUT2D eigenvalue weighted by Crippen LogP contribution is -2.35. The van der Waals surface area contributed by atoms with Crippen LogP contribution in [0.4, 0.5) is 10.5 Å². The number of urea groups is 1. The number of hydrogen-bond acceptors (Lipinski definition) is 4. The lowest BCUT2D eigenvalue weighted by Gasteiger charge is -2.30. The highest BCUT2D eigenvalue weighted by atomic mass is 32.2. The summed E-state index contributed by atoms with van der Waals surface area (Å²) in [6, 6.07) is 1.62. The zero-order chi connectivity index (χ0) is 20.4. The molecule has 1 aliphatic heterocycles. The zero-order valence-corrected chi connectivity index (χ0v) is 18.0. The SMILES string of the molecule is CCN1CCCC(/C=C/S(=O)(=O)NC(=O)Nc2c3c(cc4c2CCC4)CCC3)C1. The number of rotatable bonds is 5. The van der Waals surface area contributed by atoms with Crippen LogP contribution in [0.2, 0.25) is 0 Å². The van der Waals surface area contributed by atoms with Crippen molar-refractivity contribution in [3.8, 4) is 0 Å². The molecule has 0 bridgehead atoms. The minimum Gasteiger partial charge on any atom is -0.307 e. The summed E-state index contributed by atoms with van der Waals surface area (Å²) in [5.74, 6) is 0.212. The predicted octanol–water partition coefficient (Wildman–Crippen LogP) is 3.36. The summed E-state index contributed by atoms with van der Waals surface area (Å²) in [5, 5.41) is 4.04. The van der Waals surface area contributed by atoms with Crippen LogP contribution in [0.3, 0.4) is 0 Å². The summed E-state index contributed by atoms with van der Waals surface area (Å²) in [6.07, 6.45) is 9.93. The van der Waals surface area contributed by atoms with Gasteiger partial charge in [-0.2, -0.15) is 0 Å². The fourth-order valence-electron chi connectivity index (χ4n) is 5.02. The number of fused-ring (bicyclic) bond motifs is 2. The monoisotopic (exact) mass is 417 g/mol. The number of anilines is 1. The van der Waals surface area contributed by atoms with Crippen molar-refractivity contribution in [1.82, 2.24) is 9.62 Å². The molecule has 29 heavy (non-hydrogen) atoms. The number of sulfonamides is 1. The number of hydrogen-bond donors (Lipinski definition) is 2. The van der Waals surface area contributed by atoms with Gasteiger partial charge in [-0.15, -0.1) is 0 Å². The number of benzene rings is 1. The van der Waals surface area contributed by atoms with Crippen LogP contribution in [0, 0.1) is 5.92 Å². The summed E-state index contributed by atoms with van der Waals surface area (Å²) < 4.78 is 27.0. The molecule has 4 rings (SSSR count). The molecule has 2 aliphatic carbocycles. The van der Waals surface area contributed by atoms with Crippen molar-refractivity contribution in [2.75, 3.05) is 25.0 Å². The second-order valence-corrected chi connectivity index (χ2v) is 10.0. The van der Waals surface area contributed by atoms with E-state index in [9.17, 15) is 13.2 Å². The minimum absolute atomic E-state index is 0.212. The topological polar surface area (TPSA) is 78.5 Å². The lowest BCUT2D eigenvalue weighted by atomic mass is 9.98. The van der Waals surface area contributed by atoms with E-state index in [1.54, 1.807) is 6.08 Å².